The van der Waals surface area contributed by atoms with E-state index in [-0.39, 0.29) is 17.0 Å². The number of carbonyl (C=O) groups excluding carboxylic acids is 1. The van der Waals surface area contributed by atoms with Gasteiger partial charge in [-0.05, 0) is 54.7 Å². The normalized spacial score (nSPS) is 14.9. The van der Waals surface area contributed by atoms with Crippen LogP contribution < -0.4 is 5.32 Å². The second-order valence-corrected chi connectivity index (χ2v) is 6.58. The van der Waals surface area contributed by atoms with Crippen LogP contribution in [0.25, 0.3) is 0 Å². The van der Waals surface area contributed by atoms with Crippen molar-refractivity contribution in [1.29, 1.82) is 0 Å². The minimum Gasteiger partial charge on any atom is -0.478 e. The summed E-state index contributed by atoms with van der Waals surface area (Å²) in [7, 11) is 0. The summed E-state index contributed by atoms with van der Waals surface area (Å²) in [5, 5.41) is 12.7. The Bertz CT molecular complexity index is 766. The maximum atomic E-state index is 12.3. The quantitative estimate of drug-likeness (QED) is 0.838. The fourth-order valence-corrected chi connectivity index (χ4v) is 2.99. The molecule has 2 N–H and O–H groups in total. The summed E-state index contributed by atoms with van der Waals surface area (Å²) in [6, 6.07) is 14.2. The Labute approximate surface area is 145 Å². The molecule has 1 aliphatic rings. The molecule has 1 fully saturated rings. The van der Waals surface area contributed by atoms with E-state index in [2.05, 4.69) is 5.32 Å². The van der Waals surface area contributed by atoms with E-state index in [1.54, 1.807) is 24.3 Å². The molecule has 24 heavy (non-hydrogen) atoms. The Morgan fingerprint density at radius 3 is 2.42 bits per heavy atom. The summed E-state index contributed by atoms with van der Waals surface area (Å²) in [5.74, 6) is -0.953. The first-order valence-corrected chi connectivity index (χ1v) is 8.26. The molecule has 0 bridgehead atoms. The van der Waals surface area contributed by atoms with E-state index in [9.17, 15) is 9.59 Å². The highest BCUT2D eigenvalue weighted by atomic mass is 35.5. The summed E-state index contributed by atoms with van der Waals surface area (Å²) in [4.78, 5) is 23.1. The molecule has 0 aliphatic heterocycles. The molecule has 0 unspecified atom stereocenters. The van der Waals surface area contributed by atoms with Crippen molar-refractivity contribution >= 4 is 23.5 Å². The predicted octanol–water partition coefficient (Wildman–Crippen LogP) is 3.78. The maximum Gasteiger partial charge on any atom is 0.335 e. The van der Waals surface area contributed by atoms with E-state index < -0.39 is 5.97 Å². The molecule has 1 saturated carbocycles. The van der Waals surface area contributed by atoms with E-state index in [1.165, 1.54) is 0 Å². The second-order valence-electron chi connectivity index (χ2n) is 6.14. The lowest BCUT2D eigenvalue weighted by Gasteiger charge is -2.18. The van der Waals surface area contributed by atoms with Gasteiger partial charge in [-0.25, -0.2) is 4.79 Å². The Kier molecular flexibility index (Phi) is 4.58. The van der Waals surface area contributed by atoms with Gasteiger partial charge < -0.3 is 10.4 Å². The molecule has 0 heterocycles. The molecule has 2 aromatic carbocycles. The number of halogens is 1. The molecule has 1 amide bonds. The molecule has 2 aromatic rings. The zero-order chi connectivity index (χ0) is 17.2. The van der Waals surface area contributed by atoms with Crippen molar-refractivity contribution in [2.45, 2.75) is 31.2 Å². The zero-order valence-electron chi connectivity index (χ0n) is 13.1. The van der Waals surface area contributed by atoms with Gasteiger partial charge in [-0.15, -0.1) is 0 Å². The highest BCUT2D eigenvalue weighted by Crippen LogP contribution is 2.46. The Balaban J connectivity index is 1.57. The molecule has 5 heteroatoms. The van der Waals surface area contributed by atoms with Crippen LogP contribution in [0.4, 0.5) is 0 Å². The monoisotopic (exact) mass is 343 g/mol. The number of amides is 1. The summed E-state index contributed by atoms with van der Waals surface area (Å²) >= 11 is 6.04. The molecule has 3 rings (SSSR count). The third kappa shape index (κ3) is 3.77. The number of carboxylic acid groups (broad SMARTS) is 1. The summed E-state index contributed by atoms with van der Waals surface area (Å²) in [6.07, 6.45) is 2.80. The van der Waals surface area contributed by atoms with Crippen molar-refractivity contribution in [1.82, 2.24) is 5.32 Å². The van der Waals surface area contributed by atoms with Crippen molar-refractivity contribution in [3.05, 3.63) is 70.2 Å². The lowest BCUT2D eigenvalue weighted by atomic mass is 10.0. The minimum atomic E-state index is -0.948. The van der Waals surface area contributed by atoms with Crippen molar-refractivity contribution in [2.24, 2.45) is 0 Å². The lowest BCUT2D eigenvalue weighted by Crippen LogP contribution is -2.34. The van der Waals surface area contributed by atoms with Gasteiger partial charge in [0, 0.05) is 11.4 Å². The highest BCUT2D eigenvalue weighted by Gasteiger charge is 2.45. The number of aryl methyl sites for hydroxylation is 1. The van der Waals surface area contributed by atoms with Crippen LogP contribution in [0, 0.1) is 0 Å². The summed E-state index contributed by atoms with van der Waals surface area (Å²) in [6.45, 7) is 0. The summed E-state index contributed by atoms with van der Waals surface area (Å²) in [5.41, 5.74) is 1.98. The third-order valence-corrected chi connectivity index (χ3v) is 4.58. The second kappa shape index (κ2) is 6.65. The number of rotatable bonds is 6. The van der Waals surface area contributed by atoms with Crippen LogP contribution >= 0.6 is 11.6 Å². The number of carbonyl (C=O) groups is 2. The summed E-state index contributed by atoms with van der Waals surface area (Å²) < 4.78 is 0. The van der Waals surface area contributed by atoms with Crippen LogP contribution in [-0.2, 0) is 16.8 Å². The number of aromatic carboxylic acids is 1. The van der Waals surface area contributed by atoms with E-state index in [0.717, 1.165) is 24.0 Å². The number of hydrogen-bond acceptors (Lipinski definition) is 2. The number of hydrogen-bond donors (Lipinski definition) is 2. The number of carboxylic acids is 1. The SMILES string of the molecule is O=C(CCc1ccc(C(=O)O)cc1)NC1(c2cccc(Cl)c2)CC1. The third-order valence-electron chi connectivity index (χ3n) is 4.35. The average Bonchev–Trinajstić information content (AvgIpc) is 3.34. The smallest absolute Gasteiger partial charge is 0.335 e. The fraction of sp³-hybridized carbons (Fsp3) is 0.263. The van der Waals surface area contributed by atoms with Gasteiger partial charge >= 0.3 is 5.97 Å². The maximum absolute atomic E-state index is 12.3. The van der Waals surface area contributed by atoms with Gasteiger partial charge in [-0.3, -0.25) is 4.79 Å². The van der Waals surface area contributed by atoms with E-state index in [0.29, 0.717) is 17.9 Å². The molecule has 124 valence electrons. The Hall–Kier alpha value is -2.33. The molecule has 4 nitrogen and oxygen atoms in total. The van der Waals surface area contributed by atoms with Crippen molar-refractivity contribution in [3.8, 4) is 0 Å². The van der Waals surface area contributed by atoms with Crippen molar-refractivity contribution < 1.29 is 14.7 Å². The zero-order valence-corrected chi connectivity index (χ0v) is 13.8. The van der Waals surface area contributed by atoms with Gasteiger partial charge in [0.2, 0.25) is 5.91 Å². The van der Waals surface area contributed by atoms with Crippen LogP contribution in [0.3, 0.4) is 0 Å². The van der Waals surface area contributed by atoms with Gasteiger partial charge in [0.05, 0.1) is 11.1 Å². The van der Waals surface area contributed by atoms with E-state index in [4.69, 9.17) is 16.7 Å². The van der Waals surface area contributed by atoms with E-state index >= 15 is 0 Å². The molecular weight excluding hydrogens is 326 g/mol. The van der Waals surface area contributed by atoms with Crippen LogP contribution in [-0.4, -0.2) is 17.0 Å². The first-order chi connectivity index (χ1) is 11.5. The van der Waals surface area contributed by atoms with Gasteiger partial charge in [0.15, 0.2) is 0 Å². The molecule has 1 aliphatic carbocycles. The van der Waals surface area contributed by atoms with Gasteiger partial charge in [0.25, 0.3) is 0 Å². The van der Waals surface area contributed by atoms with Crippen LogP contribution in [0.1, 0.15) is 40.7 Å². The molecule has 0 spiro atoms. The minimum absolute atomic E-state index is 0.00483. The fourth-order valence-electron chi connectivity index (χ4n) is 2.80. The molecular formula is C19H18ClNO3. The highest BCUT2D eigenvalue weighted by molar-refractivity contribution is 6.30. The van der Waals surface area contributed by atoms with Gasteiger partial charge in [0.1, 0.15) is 0 Å². The van der Waals surface area contributed by atoms with Gasteiger partial charge in [-0.2, -0.15) is 0 Å². The van der Waals surface area contributed by atoms with Crippen LogP contribution in [0.5, 0.6) is 0 Å². The molecule has 0 atom stereocenters. The molecule has 0 aromatic heterocycles. The average molecular weight is 344 g/mol. The van der Waals surface area contributed by atoms with Crippen molar-refractivity contribution in [3.63, 3.8) is 0 Å². The number of nitrogens with one attached hydrogen (secondary N) is 1. The Morgan fingerprint density at radius 1 is 1.12 bits per heavy atom. The van der Waals surface area contributed by atoms with Crippen LogP contribution in [0.2, 0.25) is 5.02 Å². The number of benzene rings is 2. The van der Waals surface area contributed by atoms with E-state index in [1.807, 2.05) is 24.3 Å². The molecule has 0 radical (unpaired) electrons. The first kappa shape index (κ1) is 16.5. The standard InChI is InChI=1S/C19H18ClNO3/c20-16-3-1-2-15(12-16)19(10-11-19)21-17(22)9-6-13-4-7-14(8-5-13)18(23)24/h1-5,7-8,12H,6,9-11H2,(H,21,22)(H,23,24). The Morgan fingerprint density at radius 2 is 1.83 bits per heavy atom. The van der Waals surface area contributed by atoms with Gasteiger partial charge in [-0.1, -0.05) is 35.9 Å². The van der Waals surface area contributed by atoms with Crippen LogP contribution in [0.15, 0.2) is 48.5 Å². The first-order valence-electron chi connectivity index (χ1n) is 7.88. The molecule has 0 saturated heterocycles. The van der Waals surface area contributed by atoms with Crippen molar-refractivity contribution in [2.75, 3.05) is 0 Å². The predicted molar refractivity (Wildman–Crippen MR) is 92.2 cm³/mol. The lowest BCUT2D eigenvalue weighted by molar-refractivity contribution is -0.122. The topological polar surface area (TPSA) is 66.4 Å². The largest absolute Gasteiger partial charge is 0.478 e.